The van der Waals surface area contributed by atoms with Crippen molar-refractivity contribution in [1.29, 1.82) is 0 Å². The Bertz CT molecular complexity index is 468. The van der Waals surface area contributed by atoms with E-state index in [1.54, 1.807) is 0 Å². The van der Waals surface area contributed by atoms with Gasteiger partial charge in [0, 0.05) is 16.8 Å². The van der Waals surface area contributed by atoms with Crippen LogP contribution in [0.1, 0.15) is 78.4 Å². The first-order valence-corrected chi connectivity index (χ1v) is 9.27. The predicted octanol–water partition coefficient (Wildman–Crippen LogP) is 5.09. The normalized spacial score (nSPS) is 30.9. The molecule has 21 heavy (non-hydrogen) atoms. The van der Waals surface area contributed by atoms with Crippen LogP contribution in [0, 0.1) is 11.8 Å². The van der Waals surface area contributed by atoms with Crippen molar-refractivity contribution >= 4 is 11.3 Å². The minimum Gasteiger partial charge on any atom is -0.303 e. The first kappa shape index (κ1) is 17.0. The Morgan fingerprint density at radius 2 is 1.95 bits per heavy atom. The Morgan fingerprint density at radius 3 is 2.48 bits per heavy atom. The molecule has 1 heterocycles. The highest BCUT2D eigenvalue weighted by Gasteiger charge is 2.44. The molecule has 1 aliphatic rings. The number of hydrogen-bond donors (Lipinski definition) is 1. The summed E-state index contributed by atoms with van der Waals surface area (Å²) in [4.78, 5) is 5.07. The number of nitrogens with one attached hydrogen (secondary N) is 1. The van der Waals surface area contributed by atoms with E-state index in [9.17, 15) is 0 Å². The lowest BCUT2D eigenvalue weighted by Gasteiger charge is -2.45. The lowest BCUT2D eigenvalue weighted by Crippen LogP contribution is -2.53. The zero-order chi connectivity index (χ0) is 15.8. The summed E-state index contributed by atoms with van der Waals surface area (Å²) in [6, 6.07) is 0.486. The van der Waals surface area contributed by atoms with Gasteiger partial charge in [-0.2, -0.15) is 0 Å². The Hall–Kier alpha value is -0.410. The van der Waals surface area contributed by atoms with Crippen molar-refractivity contribution < 1.29 is 0 Å². The number of thiazole rings is 1. The summed E-state index contributed by atoms with van der Waals surface area (Å²) >= 11 is 1.86. The van der Waals surface area contributed by atoms with E-state index in [1.807, 2.05) is 11.3 Å². The molecule has 0 spiro atoms. The molecule has 3 unspecified atom stereocenters. The van der Waals surface area contributed by atoms with E-state index in [2.05, 4.69) is 59.2 Å². The highest BCUT2D eigenvalue weighted by molar-refractivity contribution is 7.09. The van der Waals surface area contributed by atoms with Gasteiger partial charge in [0.05, 0.1) is 11.2 Å². The van der Waals surface area contributed by atoms with Crippen LogP contribution in [0.25, 0.3) is 0 Å². The maximum atomic E-state index is 5.07. The van der Waals surface area contributed by atoms with Crippen LogP contribution < -0.4 is 5.32 Å². The number of rotatable bonds is 3. The van der Waals surface area contributed by atoms with Crippen LogP contribution in [-0.2, 0) is 11.0 Å². The van der Waals surface area contributed by atoms with Gasteiger partial charge in [0.2, 0.25) is 0 Å². The minimum absolute atomic E-state index is 0.0694. The van der Waals surface area contributed by atoms with Crippen molar-refractivity contribution in [2.75, 3.05) is 0 Å². The molecule has 0 radical (unpaired) electrons. The second-order valence-electron chi connectivity index (χ2n) is 8.35. The van der Waals surface area contributed by atoms with Crippen LogP contribution in [0.4, 0.5) is 0 Å². The zero-order valence-corrected chi connectivity index (χ0v) is 15.6. The summed E-state index contributed by atoms with van der Waals surface area (Å²) in [6.07, 6.45) is 3.86. The van der Waals surface area contributed by atoms with Gasteiger partial charge < -0.3 is 5.32 Å². The average molecular weight is 309 g/mol. The predicted molar refractivity (Wildman–Crippen MR) is 92.9 cm³/mol. The number of hydrogen-bond acceptors (Lipinski definition) is 3. The summed E-state index contributed by atoms with van der Waals surface area (Å²) in [5.74, 6) is 1.42. The summed E-state index contributed by atoms with van der Waals surface area (Å²) < 4.78 is 0. The summed E-state index contributed by atoms with van der Waals surface area (Å²) in [7, 11) is 0. The molecule has 3 atom stereocenters. The van der Waals surface area contributed by atoms with Crippen LogP contribution >= 0.6 is 11.3 Å². The Labute approximate surface area is 134 Å². The molecule has 1 aromatic rings. The fourth-order valence-electron chi connectivity index (χ4n) is 3.53. The van der Waals surface area contributed by atoms with Crippen LogP contribution in [0.15, 0.2) is 5.38 Å². The number of aromatic nitrogens is 1. The molecule has 0 amide bonds. The lowest BCUT2D eigenvalue weighted by molar-refractivity contribution is 0.108. The first-order valence-electron chi connectivity index (χ1n) is 8.39. The summed E-state index contributed by atoms with van der Waals surface area (Å²) in [5, 5.41) is 7.48. The maximum absolute atomic E-state index is 5.07. The van der Waals surface area contributed by atoms with Gasteiger partial charge in [-0.15, -0.1) is 11.3 Å². The lowest BCUT2D eigenvalue weighted by atomic mass is 9.69. The zero-order valence-electron chi connectivity index (χ0n) is 14.8. The van der Waals surface area contributed by atoms with Gasteiger partial charge in [0.25, 0.3) is 0 Å². The van der Waals surface area contributed by atoms with E-state index in [0.717, 1.165) is 5.92 Å². The fraction of sp³-hybridized carbons (Fsp3) is 0.833. The Morgan fingerprint density at radius 1 is 1.29 bits per heavy atom. The molecule has 1 N–H and O–H groups in total. The van der Waals surface area contributed by atoms with Crippen molar-refractivity contribution in [3.8, 4) is 0 Å². The van der Waals surface area contributed by atoms with E-state index in [0.29, 0.717) is 12.0 Å². The van der Waals surface area contributed by atoms with Gasteiger partial charge in [0.1, 0.15) is 5.01 Å². The quantitative estimate of drug-likeness (QED) is 0.841. The van der Waals surface area contributed by atoms with Crippen molar-refractivity contribution in [1.82, 2.24) is 10.3 Å². The second kappa shape index (κ2) is 6.00. The van der Waals surface area contributed by atoms with E-state index >= 15 is 0 Å². The van der Waals surface area contributed by atoms with Crippen molar-refractivity contribution in [2.24, 2.45) is 11.8 Å². The van der Waals surface area contributed by atoms with Gasteiger partial charge in [-0.25, -0.2) is 4.98 Å². The molecular weight excluding hydrogens is 276 g/mol. The number of nitrogens with zero attached hydrogens (tertiary/aromatic N) is 1. The molecule has 1 saturated carbocycles. The van der Waals surface area contributed by atoms with Gasteiger partial charge in [-0.1, -0.05) is 41.0 Å². The average Bonchev–Trinajstić information content (AvgIpc) is 2.82. The largest absolute Gasteiger partial charge is 0.303 e. The SMILES string of the molecule is CC1CCC(C)C(NC(C)C)(c2nc(C(C)(C)C)cs2)C1. The highest BCUT2D eigenvalue weighted by atomic mass is 32.1. The second-order valence-corrected chi connectivity index (χ2v) is 9.20. The molecular formula is C18H32N2S. The molecule has 0 aromatic carbocycles. The maximum Gasteiger partial charge on any atom is 0.113 e. The van der Waals surface area contributed by atoms with Crippen LogP contribution in [0.5, 0.6) is 0 Å². The topological polar surface area (TPSA) is 24.9 Å². The molecule has 120 valence electrons. The van der Waals surface area contributed by atoms with Gasteiger partial charge in [-0.3, -0.25) is 0 Å². The molecule has 0 aliphatic heterocycles. The molecule has 3 heteroatoms. The summed E-state index contributed by atoms with van der Waals surface area (Å²) in [6.45, 7) is 16.1. The van der Waals surface area contributed by atoms with Crippen molar-refractivity contribution in [3.05, 3.63) is 16.1 Å². The summed E-state index contributed by atoms with van der Waals surface area (Å²) in [5.41, 5.74) is 1.44. The van der Waals surface area contributed by atoms with Crippen molar-refractivity contribution in [3.63, 3.8) is 0 Å². The van der Waals surface area contributed by atoms with Crippen LogP contribution in [0.2, 0.25) is 0 Å². The van der Waals surface area contributed by atoms with Gasteiger partial charge in [0.15, 0.2) is 0 Å². The van der Waals surface area contributed by atoms with E-state index < -0.39 is 0 Å². The highest BCUT2D eigenvalue weighted by Crippen LogP contribution is 2.45. The minimum atomic E-state index is 0.0694. The van der Waals surface area contributed by atoms with E-state index in [1.165, 1.54) is 30.0 Å². The molecule has 2 nitrogen and oxygen atoms in total. The Kier molecular flexibility index (Phi) is 4.84. The molecule has 1 fully saturated rings. The Balaban J connectivity index is 2.42. The fourth-order valence-corrected chi connectivity index (χ4v) is 4.87. The molecule has 1 aliphatic carbocycles. The van der Waals surface area contributed by atoms with Gasteiger partial charge >= 0.3 is 0 Å². The molecule has 0 bridgehead atoms. The smallest absolute Gasteiger partial charge is 0.113 e. The third-order valence-electron chi connectivity index (χ3n) is 4.80. The monoisotopic (exact) mass is 308 g/mol. The third-order valence-corrected chi connectivity index (χ3v) is 5.82. The van der Waals surface area contributed by atoms with Crippen LogP contribution in [-0.4, -0.2) is 11.0 Å². The molecule has 2 rings (SSSR count). The van der Waals surface area contributed by atoms with E-state index in [4.69, 9.17) is 4.98 Å². The molecule has 0 saturated heterocycles. The van der Waals surface area contributed by atoms with Gasteiger partial charge in [-0.05, 0) is 38.5 Å². The van der Waals surface area contributed by atoms with Crippen molar-refractivity contribution in [2.45, 2.75) is 84.7 Å². The van der Waals surface area contributed by atoms with Crippen LogP contribution in [0.3, 0.4) is 0 Å². The van der Waals surface area contributed by atoms with E-state index in [-0.39, 0.29) is 11.0 Å². The molecule has 1 aromatic heterocycles. The third kappa shape index (κ3) is 3.50. The first-order chi connectivity index (χ1) is 9.65. The standard InChI is InChI=1S/C18H32N2S/c1-12(2)20-18(10-13(3)8-9-14(18)4)16-19-15(11-21-16)17(5,6)7/h11-14,20H,8-10H2,1-7H3.